The van der Waals surface area contributed by atoms with Crippen molar-refractivity contribution in [3.8, 4) is 0 Å². The highest BCUT2D eigenvalue weighted by atomic mass is 16.5. The van der Waals surface area contributed by atoms with E-state index in [2.05, 4.69) is 5.10 Å². The standard InChI is InChI=1S/C10H13N3O3/c1-12-10(15)8(7-14)9(6-11-12)13-2-4-16-5-3-13/h6-7H,2-5H2,1H3. The number of hydrogen-bond acceptors (Lipinski definition) is 5. The fourth-order valence-electron chi connectivity index (χ4n) is 1.71. The summed E-state index contributed by atoms with van der Waals surface area (Å²) in [5.41, 5.74) is 0.403. The van der Waals surface area contributed by atoms with Gasteiger partial charge in [0.15, 0.2) is 6.29 Å². The Balaban J connectivity index is 2.43. The first-order valence-electron chi connectivity index (χ1n) is 5.08. The third-order valence-corrected chi connectivity index (χ3v) is 2.62. The fourth-order valence-corrected chi connectivity index (χ4v) is 1.71. The molecule has 0 spiro atoms. The van der Waals surface area contributed by atoms with E-state index in [-0.39, 0.29) is 11.1 Å². The number of aromatic nitrogens is 2. The smallest absolute Gasteiger partial charge is 0.279 e. The van der Waals surface area contributed by atoms with Gasteiger partial charge in [-0.3, -0.25) is 9.59 Å². The van der Waals surface area contributed by atoms with Crippen molar-refractivity contribution in [3.63, 3.8) is 0 Å². The third-order valence-electron chi connectivity index (χ3n) is 2.62. The first kappa shape index (κ1) is 10.8. The molecule has 0 bridgehead atoms. The number of hydrogen-bond donors (Lipinski definition) is 0. The highest BCUT2D eigenvalue weighted by Gasteiger charge is 2.17. The zero-order valence-electron chi connectivity index (χ0n) is 9.05. The maximum Gasteiger partial charge on any atom is 0.279 e. The molecule has 0 aromatic carbocycles. The summed E-state index contributed by atoms with van der Waals surface area (Å²) < 4.78 is 6.38. The predicted octanol–water partition coefficient (Wildman–Crippen LogP) is -0.571. The minimum Gasteiger partial charge on any atom is -0.378 e. The number of anilines is 1. The summed E-state index contributed by atoms with van der Waals surface area (Å²) in [6, 6.07) is 0. The van der Waals surface area contributed by atoms with Crippen LogP contribution in [0.1, 0.15) is 10.4 Å². The van der Waals surface area contributed by atoms with Gasteiger partial charge in [0, 0.05) is 20.1 Å². The van der Waals surface area contributed by atoms with Crippen LogP contribution in [0.25, 0.3) is 0 Å². The van der Waals surface area contributed by atoms with E-state index in [4.69, 9.17) is 4.74 Å². The van der Waals surface area contributed by atoms with Crippen molar-refractivity contribution < 1.29 is 9.53 Å². The molecule has 0 amide bonds. The SMILES string of the molecule is Cn1ncc(N2CCOCC2)c(C=O)c1=O. The Bertz CT molecular complexity index is 449. The lowest BCUT2D eigenvalue weighted by atomic mass is 10.2. The Kier molecular flexibility index (Phi) is 3.00. The quantitative estimate of drug-likeness (QED) is 0.628. The maximum atomic E-state index is 11.7. The van der Waals surface area contributed by atoms with E-state index in [1.807, 2.05) is 4.90 Å². The van der Waals surface area contributed by atoms with Gasteiger partial charge in [0.2, 0.25) is 0 Å². The van der Waals surface area contributed by atoms with Gasteiger partial charge in [-0.2, -0.15) is 5.10 Å². The monoisotopic (exact) mass is 223 g/mol. The van der Waals surface area contributed by atoms with E-state index < -0.39 is 0 Å². The van der Waals surface area contributed by atoms with Crippen molar-refractivity contribution >= 4 is 12.0 Å². The van der Waals surface area contributed by atoms with Crippen LogP contribution < -0.4 is 10.5 Å². The Morgan fingerprint density at radius 3 is 2.75 bits per heavy atom. The highest BCUT2D eigenvalue weighted by Crippen LogP contribution is 2.15. The molecule has 6 heteroatoms. The van der Waals surface area contributed by atoms with Crippen LogP contribution in [0.3, 0.4) is 0 Å². The molecule has 1 saturated heterocycles. The van der Waals surface area contributed by atoms with Gasteiger partial charge in [0.05, 0.1) is 25.1 Å². The molecular formula is C10H13N3O3. The molecule has 0 atom stereocenters. The minimum atomic E-state index is -0.362. The molecule has 1 aliphatic heterocycles. The van der Waals surface area contributed by atoms with Gasteiger partial charge in [-0.15, -0.1) is 0 Å². The summed E-state index contributed by atoms with van der Waals surface area (Å²) in [5.74, 6) is 0. The Hall–Kier alpha value is -1.69. The van der Waals surface area contributed by atoms with Crippen LogP contribution in [0.5, 0.6) is 0 Å². The van der Waals surface area contributed by atoms with Gasteiger partial charge in [0.1, 0.15) is 5.56 Å². The van der Waals surface area contributed by atoms with Crippen LogP contribution in [0.15, 0.2) is 11.0 Å². The number of nitrogens with zero attached hydrogens (tertiary/aromatic N) is 3. The number of carbonyl (C=O) groups excluding carboxylic acids is 1. The maximum absolute atomic E-state index is 11.7. The number of aryl methyl sites for hydroxylation is 1. The number of carbonyl (C=O) groups is 1. The normalized spacial score (nSPS) is 16.2. The summed E-state index contributed by atoms with van der Waals surface area (Å²) in [6.07, 6.45) is 2.14. The van der Waals surface area contributed by atoms with Gasteiger partial charge < -0.3 is 9.64 Å². The lowest BCUT2D eigenvalue weighted by molar-refractivity contribution is 0.111. The molecule has 6 nitrogen and oxygen atoms in total. The number of aldehydes is 1. The van der Waals surface area contributed by atoms with Crippen LogP contribution in [0.4, 0.5) is 5.69 Å². The summed E-state index contributed by atoms with van der Waals surface area (Å²) in [6.45, 7) is 2.56. The number of morpholine rings is 1. The molecule has 0 N–H and O–H groups in total. The van der Waals surface area contributed by atoms with Crippen molar-refractivity contribution in [2.24, 2.45) is 7.05 Å². The Morgan fingerprint density at radius 2 is 2.12 bits per heavy atom. The second kappa shape index (κ2) is 4.44. The molecule has 0 saturated carbocycles. The lowest BCUT2D eigenvalue weighted by Crippen LogP contribution is -2.38. The topological polar surface area (TPSA) is 64.4 Å². The van der Waals surface area contributed by atoms with Gasteiger partial charge >= 0.3 is 0 Å². The van der Waals surface area contributed by atoms with Crippen molar-refractivity contribution in [2.45, 2.75) is 0 Å². The molecule has 0 unspecified atom stereocenters. The summed E-state index contributed by atoms with van der Waals surface area (Å²) in [4.78, 5) is 24.6. The van der Waals surface area contributed by atoms with Crippen LogP contribution in [0.2, 0.25) is 0 Å². The van der Waals surface area contributed by atoms with Crippen molar-refractivity contribution in [1.82, 2.24) is 9.78 Å². The molecule has 2 rings (SSSR count). The van der Waals surface area contributed by atoms with Gasteiger partial charge in [-0.25, -0.2) is 4.68 Å². The Morgan fingerprint density at radius 1 is 1.44 bits per heavy atom. The van der Waals surface area contributed by atoms with E-state index in [0.717, 1.165) is 4.68 Å². The highest BCUT2D eigenvalue weighted by molar-refractivity contribution is 5.83. The first-order valence-corrected chi connectivity index (χ1v) is 5.08. The summed E-state index contributed by atoms with van der Waals surface area (Å²) >= 11 is 0. The second-order valence-corrected chi connectivity index (χ2v) is 3.59. The van der Waals surface area contributed by atoms with E-state index in [0.29, 0.717) is 38.3 Å². The predicted molar refractivity (Wildman–Crippen MR) is 57.9 cm³/mol. The average Bonchev–Trinajstić information content (AvgIpc) is 2.33. The molecule has 16 heavy (non-hydrogen) atoms. The molecule has 1 aromatic rings. The molecule has 1 aliphatic rings. The molecule has 0 radical (unpaired) electrons. The van der Waals surface area contributed by atoms with Crippen molar-refractivity contribution in [1.29, 1.82) is 0 Å². The summed E-state index contributed by atoms with van der Waals surface area (Å²) in [7, 11) is 1.53. The second-order valence-electron chi connectivity index (χ2n) is 3.59. The summed E-state index contributed by atoms with van der Waals surface area (Å²) in [5, 5.41) is 3.93. The molecule has 1 fully saturated rings. The van der Waals surface area contributed by atoms with Crippen molar-refractivity contribution in [2.75, 3.05) is 31.2 Å². The lowest BCUT2D eigenvalue weighted by Gasteiger charge is -2.29. The van der Waals surface area contributed by atoms with E-state index in [1.54, 1.807) is 6.20 Å². The van der Waals surface area contributed by atoms with Crippen LogP contribution in [0, 0.1) is 0 Å². The number of rotatable bonds is 2. The molecular weight excluding hydrogens is 210 g/mol. The molecule has 1 aromatic heterocycles. The molecule has 86 valence electrons. The Labute approximate surface area is 92.4 Å². The van der Waals surface area contributed by atoms with E-state index in [1.165, 1.54) is 7.05 Å². The number of ether oxygens (including phenoxy) is 1. The molecule has 0 aliphatic carbocycles. The van der Waals surface area contributed by atoms with Gasteiger partial charge in [-0.1, -0.05) is 0 Å². The van der Waals surface area contributed by atoms with E-state index >= 15 is 0 Å². The third kappa shape index (κ3) is 1.83. The molecule has 2 heterocycles. The van der Waals surface area contributed by atoms with E-state index in [9.17, 15) is 9.59 Å². The first-order chi connectivity index (χ1) is 7.74. The van der Waals surface area contributed by atoms with Gasteiger partial charge in [-0.05, 0) is 0 Å². The average molecular weight is 223 g/mol. The van der Waals surface area contributed by atoms with Crippen LogP contribution in [-0.4, -0.2) is 42.4 Å². The largest absolute Gasteiger partial charge is 0.378 e. The minimum absolute atomic E-state index is 0.166. The van der Waals surface area contributed by atoms with Crippen LogP contribution in [-0.2, 0) is 11.8 Å². The zero-order chi connectivity index (χ0) is 11.5. The fraction of sp³-hybridized carbons (Fsp3) is 0.500. The zero-order valence-corrected chi connectivity index (χ0v) is 9.05. The van der Waals surface area contributed by atoms with Gasteiger partial charge in [0.25, 0.3) is 5.56 Å². The van der Waals surface area contributed by atoms with Crippen LogP contribution >= 0.6 is 0 Å². The van der Waals surface area contributed by atoms with Crippen molar-refractivity contribution in [3.05, 3.63) is 22.1 Å².